The summed E-state index contributed by atoms with van der Waals surface area (Å²) in [6.07, 6.45) is -4.80. The zero-order valence-corrected chi connectivity index (χ0v) is 25.4. The Balaban J connectivity index is 2.14. The average molecular weight is 624 g/mol. The van der Waals surface area contributed by atoms with Crippen molar-refractivity contribution in [1.82, 2.24) is 10.2 Å². The Kier molecular flexibility index (Phi) is 10.00. The Hall–Kier alpha value is -3.57. The molecule has 3 aromatic carbocycles. The van der Waals surface area contributed by atoms with Crippen molar-refractivity contribution in [3.63, 3.8) is 0 Å². The van der Waals surface area contributed by atoms with Gasteiger partial charge in [-0.3, -0.25) is 13.9 Å². The normalized spacial score (nSPS) is 12.9. The molecule has 0 bridgehead atoms. The lowest BCUT2D eigenvalue weighted by Crippen LogP contribution is -2.54. The summed E-state index contributed by atoms with van der Waals surface area (Å²) in [5.41, 5.74) is -0.760. The van der Waals surface area contributed by atoms with Gasteiger partial charge in [0.1, 0.15) is 12.6 Å². The van der Waals surface area contributed by atoms with E-state index in [1.807, 2.05) is 19.1 Å². The highest BCUT2D eigenvalue weighted by atomic mass is 35.5. The van der Waals surface area contributed by atoms with Crippen LogP contribution < -0.4 is 9.62 Å². The SMILES string of the molecule is Cc1ccccc1CN(C(=O)CN(c1cc(C(F)(F)F)ccc1Cl)S(=O)(=O)c1ccccc1)[C@@H](C)C(=O)NC(C)(C)C. The molecule has 12 heteroatoms. The molecule has 226 valence electrons. The van der Waals surface area contributed by atoms with Crippen molar-refractivity contribution in [1.29, 1.82) is 0 Å². The molecule has 0 aliphatic heterocycles. The van der Waals surface area contributed by atoms with E-state index in [0.29, 0.717) is 15.9 Å². The van der Waals surface area contributed by atoms with Gasteiger partial charge in [-0.15, -0.1) is 0 Å². The van der Waals surface area contributed by atoms with E-state index in [4.69, 9.17) is 11.6 Å². The number of hydrogen-bond acceptors (Lipinski definition) is 4. The number of benzene rings is 3. The van der Waals surface area contributed by atoms with Crippen molar-refractivity contribution < 1.29 is 31.2 Å². The van der Waals surface area contributed by atoms with Gasteiger partial charge in [-0.1, -0.05) is 54.1 Å². The van der Waals surface area contributed by atoms with Gasteiger partial charge >= 0.3 is 6.18 Å². The smallest absolute Gasteiger partial charge is 0.350 e. The van der Waals surface area contributed by atoms with E-state index in [1.54, 1.807) is 39.0 Å². The highest BCUT2D eigenvalue weighted by Crippen LogP contribution is 2.37. The predicted octanol–water partition coefficient (Wildman–Crippen LogP) is 6.19. The lowest BCUT2D eigenvalue weighted by atomic mass is 10.1. The van der Waals surface area contributed by atoms with Crippen LogP contribution in [0.2, 0.25) is 5.02 Å². The monoisotopic (exact) mass is 623 g/mol. The number of sulfonamides is 1. The summed E-state index contributed by atoms with van der Waals surface area (Å²) < 4.78 is 69.2. The molecule has 0 aromatic heterocycles. The van der Waals surface area contributed by atoms with E-state index >= 15 is 0 Å². The maximum Gasteiger partial charge on any atom is 0.416 e. The minimum Gasteiger partial charge on any atom is -0.350 e. The molecule has 7 nitrogen and oxygen atoms in total. The molecule has 0 aliphatic rings. The lowest BCUT2D eigenvalue weighted by molar-refractivity contribution is -0.140. The Bertz CT molecular complexity index is 1540. The zero-order valence-electron chi connectivity index (χ0n) is 23.9. The molecular weight excluding hydrogens is 591 g/mol. The van der Waals surface area contributed by atoms with Gasteiger partial charge in [0.05, 0.1) is 21.2 Å². The first-order valence-electron chi connectivity index (χ1n) is 13.0. The molecule has 0 heterocycles. The van der Waals surface area contributed by atoms with Crippen molar-refractivity contribution in [2.75, 3.05) is 10.8 Å². The molecule has 0 radical (unpaired) electrons. The second-order valence-corrected chi connectivity index (χ2v) is 13.1. The van der Waals surface area contributed by atoms with Crippen LogP contribution >= 0.6 is 11.6 Å². The van der Waals surface area contributed by atoms with Crippen LogP contribution in [0.25, 0.3) is 0 Å². The second-order valence-electron chi connectivity index (χ2n) is 10.9. The molecule has 3 aromatic rings. The first-order valence-corrected chi connectivity index (χ1v) is 14.8. The molecule has 2 amide bonds. The van der Waals surface area contributed by atoms with E-state index in [1.165, 1.54) is 36.1 Å². The van der Waals surface area contributed by atoms with Gasteiger partial charge in [-0.2, -0.15) is 13.2 Å². The molecule has 0 spiro atoms. The minimum atomic E-state index is -4.80. The fourth-order valence-corrected chi connectivity index (χ4v) is 5.86. The number of hydrogen-bond donors (Lipinski definition) is 1. The fourth-order valence-electron chi connectivity index (χ4n) is 4.14. The van der Waals surface area contributed by atoms with Crippen molar-refractivity contribution in [2.24, 2.45) is 0 Å². The molecule has 42 heavy (non-hydrogen) atoms. The quantitative estimate of drug-likeness (QED) is 0.308. The lowest BCUT2D eigenvalue weighted by Gasteiger charge is -2.34. The van der Waals surface area contributed by atoms with Gasteiger partial charge in [0, 0.05) is 12.1 Å². The fraction of sp³-hybridized carbons (Fsp3) is 0.333. The van der Waals surface area contributed by atoms with Gasteiger partial charge in [0.25, 0.3) is 10.0 Å². The van der Waals surface area contributed by atoms with Crippen molar-refractivity contribution in [3.8, 4) is 0 Å². The predicted molar refractivity (Wildman–Crippen MR) is 157 cm³/mol. The maximum atomic E-state index is 14.0. The molecule has 0 fully saturated rings. The van der Waals surface area contributed by atoms with E-state index in [2.05, 4.69) is 5.32 Å². The summed E-state index contributed by atoms with van der Waals surface area (Å²) in [5, 5.41) is 2.51. The van der Waals surface area contributed by atoms with Gasteiger partial charge < -0.3 is 10.2 Å². The number of amides is 2. The summed E-state index contributed by atoms with van der Waals surface area (Å²) in [6, 6.07) is 15.4. The van der Waals surface area contributed by atoms with Crippen LogP contribution in [0.5, 0.6) is 0 Å². The Morgan fingerprint density at radius 3 is 2.12 bits per heavy atom. The van der Waals surface area contributed by atoms with Crippen LogP contribution in [0.3, 0.4) is 0 Å². The number of aryl methyl sites for hydroxylation is 1. The number of halogens is 4. The van der Waals surface area contributed by atoms with Crippen molar-refractivity contribution in [3.05, 3.63) is 94.5 Å². The van der Waals surface area contributed by atoms with Crippen LogP contribution in [-0.4, -0.2) is 43.3 Å². The second kappa shape index (κ2) is 12.7. The minimum absolute atomic E-state index is 0.0558. The van der Waals surface area contributed by atoms with Crippen LogP contribution in [0.15, 0.2) is 77.7 Å². The Morgan fingerprint density at radius 1 is 0.952 bits per heavy atom. The molecular formula is C30H33ClF3N3O4S. The highest BCUT2D eigenvalue weighted by molar-refractivity contribution is 7.92. The number of rotatable bonds is 9. The van der Waals surface area contributed by atoms with Gasteiger partial charge in [-0.05, 0) is 76.1 Å². The summed E-state index contributed by atoms with van der Waals surface area (Å²) in [4.78, 5) is 28.1. The van der Waals surface area contributed by atoms with Gasteiger partial charge in [0.15, 0.2) is 0 Å². The largest absolute Gasteiger partial charge is 0.416 e. The van der Waals surface area contributed by atoms with Gasteiger partial charge in [-0.25, -0.2) is 8.42 Å². The topological polar surface area (TPSA) is 86.8 Å². The highest BCUT2D eigenvalue weighted by Gasteiger charge is 2.36. The third kappa shape index (κ3) is 8.04. The number of nitrogens with one attached hydrogen (secondary N) is 1. The molecule has 0 saturated heterocycles. The number of nitrogens with zero attached hydrogens (tertiary/aromatic N) is 2. The summed E-state index contributed by atoms with van der Waals surface area (Å²) in [6.45, 7) is 7.67. The number of anilines is 1. The van der Waals surface area contributed by atoms with E-state index in [0.717, 1.165) is 17.7 Å². The van der Waals surface area contributed by atoms with E-state index in [-0.39, 0.29) is 16.5 Å². The Labute approximate surface area is 249 Å². The molecule has 1 atom stereocenters. The zero-order chi connectivity index (χ0) is 31.5. The maximum absolute atomic E-state index is 14.0. The van der Waals surface area contributed by atoms with E-state index < -0.39 is 57.4 Å². The summed E-state index contributed by atoms with van der Waals surface area (Å²) in [7, 11) is -4.59. The molecule has 3 rings (SSSR count). The van der Waals surface area contributed by atoms with Gasteiger partial charge in [0.2, 0.25) is 11.8 Å². The number of carbonyl (C=O) groups excluding carboxylic acids is 2. The third-order valence-electron chi connectivity index (χ3n) is 6.42. The average Bonchev–Trinajstić information content (AvgIpc) is 2.90. The number of carbonyl (C=O) groups is 2. The Morgan fingerprint density at radius 2 is 1.55 bits per heavy atom. The first-order chi connectivity index (χ1) is 19.4. The number of alkyl halides is 3. The van der Waals surface area contributed by atoms with E-state index in [9.17, 15) is 31.2 Å². The third-order valence-corrected chi connectivity index (χ3v) is 8.51. The van der Waals surface area contributed by atoms with Crippen LogP contribution in [-0.2, 0) is 32.3 Å². The first kappa shape index (κ1) is 32.9. The molecule has 0 saturated carbocycles. The summed E-state index contributed by atoms with van der Waals surface area (Å²) >= 11 is 6.27. The molecule has 0 unspecified atom stereocenters. The molecule has 1 N–H and O–H groups in total. The van der Waals surface area contributed by atoms with Crippen molar-refractivity contribution >= 4 is 39.1 Å². The van der Waals surface area contributed by atoms with Crippen molar-refractivity contribution in [2.45, 2.75) is 63.8 Å². The van der Waals surface area contributed by atoms with Crippen LogP contribution in [0.4, 0.5) is 18.9 Å². The molecule has 0 aliphatic carbocycles. The standard InChI is InChI=1S/C30H33ClF3N3O4S/c1-20-11-9-10-12-22(20)18-36(21(2)28(39)35-29(3,4)5)27(38)19-37(42(40,41)24-13-7-6-8-14-24)26-17-23(30(32,33)34)15-16-25(26)31/h6-17,21H,18-19H2,1-5H3,(H,35,39)/t21-/m0/s1. The summed E-state index contributed by atoms with van der Waals surface area (Å²) in [5.74, 6) is -1.30. The van der Waals surface area contributed by atoms with Crippen LogP contribution in [0.1, 0.15) is 44.4 Å². The van der Waals surface area contributed by atoms with Crippen LogP contribution in [0, 0.1) is 6.92 Å².